The monoisotopic (exact) mass is 507 g/mol. The first-order valence-corrected chi connectivity index (χ1v) is 10.4. The molecule has 0 saturated carbocycles. The maximum atomic E-state index is 13.1. The molecule has 0 radical (unpaired) electrons. The van der Waals surface area contributed by atoms with Gasteiger partial charge in [0.2, 0.25) is 0 Å². The molecule has 0 saturated heterocycles. The summed E-state index contributed by atoms with van der Waals surface area (Å²) in [5, 5.41) is 9.75. The highest BCUT2D eigenvalue weighted by molar-refractivity contribution is 9.10. The van der Waals surface area contributed by atoms with Crippen molar-refractivity contribution in [3.63, 3.8) is 0 Å². The van der Waals surface area contributed by atoms with Gasteiger partial charge >= 0.3 is 6.18 Å². The zero-order chi connectivity index (χ0) is 23.0. The van der Waals surface area contributed by atoms with Crippen LogP contribution in [0.1, 0.15) is 22.8 Å². The van der Waals surface area contributed by atoms with Crippen LogP contribution in [0.15, 0.2) is 59.2 Å². The van der Waals surface area contributed by atoms with Crippen molar-refractivity contribution in [2.75, 3.05) is 16.8 Å². The molecular weight excluding hydrogens is 491 g/mol. The van der Waals surface area contributed by atoms with Crippen LogP contribution in [0.5, 0.6) is 0 Å². The average molecular weight is 508 g/mol. The van der Waals surface area contributed by atoms with Crippen molar-refractivity contribution in [3.8, 4) is 5.69 Å². The minimum absolute atomic E-state index is 0.201. The Balaban J connectivity index is 1.62. The van der Waals surface area contributed by atoms with Crippen LogP contribution < -0.4 is 15.5 Å². The number of carbonyl (C=O) groups excluding carboxylic acids is 2. The Labute approximate surface area is 189 Å². The lowest BCUT2D eigenvalue weighted by Crippen LogP contribution is -2.56. The van der Waals surface area contributed by atoms with Crippen molar-refractivity contribution in [2.45, 2.75) is 19.3 Å². The fourth-order valence-corrected chi connectivity index (χ4v) is 3.82. The zero-order valence-corrected chi connectivity index (χ0v) is 18.2. The van der Waals surface area contributed by atoms with Crippen molar-refractivity contribution < 1.29 is 22.8 Å². The molecule has 1 atom stereocenters. The van der Waals surface area contributed by atoms with E-state index in [9.17, 15) is 22.8 Å². The molecule has 2 N–H and O–H groups in total. The Morgan fingerprint density at radius 3 is 2.66 bits per heavy atom. The van der Waals surface area contributed by atoms with Crippen molar-refractivity contribution >= 4 is 39.2 Å². The maximum absolute atomic E-state index is 13.1. The average Bonchev–Trinajstić information content (AvgIpc) is 3.17. The second-order valence-electron chi connectivity index (χ2n) is 6.99. The minimum atomic E-state index is -4.58. The third-order valence-electron chi connectivity index (χ3n) is 4.91. The van der Waals surface area contributed by atoms with Gasteiger partial charge in [-0.2, -0.15) is 18.3 Å². The van der Waals surface area contributed by atoms with Crippen LogP contribution in [0, 0.1) is 0 Å². The summed E-state index contributed by atoms with van der Waals surface area (Å²) in [4.78, 5) is 27.1. The van der Waals surface area contributed by atoms with Gasteiger partial charge in [0.05, 0.1) is 17.4 Å². The molecule has 0 aliphatic carbocycles. The van der Waals surface area contributed by atoms with Crippen molar-refractivity contribution in [2.24, 2.45) is 0 Å². The number of anilines is 2. The fraction of sp³-hybridized carbons (Fsp3) is 0.190. The molecule has 2 amide bonds. The summed E-state index contributed by atoms with van der Waals surface area (Å²) >= 11 is 3.41. The predicted octanol–water partition coefficient (Wildman–Crippen LogP) is 4.19. The molecule has 4 rings (SSSR count). The van der Waals surface area contributed by atoms with E-state index in [1.54, 1.807) is 11.6 Å². The number of rotatable bonds is 4. The summed E-state index contributed by atoms with van der Waals surface area (Å²) in [5.74, 6) is -0.766. The highest BCUT2D eigenvalue weighted by atomic mass is 79.9. The van der Waals surface area contributed by atoms with Crippen LogP contribution in [-0.2, 0) is 11.0 Å². The minimum Gasteiger partial charge on any atom is -0.353 e. The molecule has 0 fully saturated rings. The number of nitrogens with zero attached hydrogens (tertiary/aromatic N) is 3. The van der Waals surface area contributed by atoms with Gasteiger partial charge in [0.25, 0.3) is 11.8 Å². The molecule has 11 heteroatoms. The summed E-state index contributed by atoms with van der Waals surface area (Å²) in [5.41, 5.74) is 0.0786. The van der Waals surface area contributed by atoms with Crippen LogP contribution in [0.25, 0.3) is 5.69 Å². The topological polar surface area (TPSA) is 79.3 Å². The molecule has 2 aromatic carbocycles. The Kier molecular flexibility index (Phi) is 5.68. The molecular formula is C21H17BrF3N5O2. The van der Waals surface area contributed by atoms with E-state index in [1.807, 2.05) is 24.3 Å². The lowest BCUT2D eigenvalue weighted by atomic mass is 10.1. The van der Waals surface area contributed by atoms with Crippen molar-refractivity contribution in [1.82, 2.24) is 15.1 Å². The Hall–Kier alpha value is -3.34. The quantitative estimate of drug-likeness (QED) is 0.554. The first-order chi connectivity index (χ1) is 15.2. The van der Waals surface area contributed by atoms with Gasteiger partial charge in [-0.05, 0) is 43.3 Å². The second-order valence-corrected chi connectivity index (χ2v) is 7.90. The van der Waals surface area contributed by atoms with Crippen LogP contribution in [-0.4, -0.2) is 34.3 Å². The van der Waals surface area contributed by atoms with Gasteiger partial charge < -0.3 is 10.6 Å². The fourth-order valence-electron chi connectivity index (χ4n) is 3.43. The predicted molar refractivity (Wildman–Crippen MR) is 116 cm³/mol. The molecule has 3 aromatic rings. The summed E-state index contributed by atoms with van der Waals surface area (Å²) < 4.78 is 41.3. The van der Waals surface area contributed by atoms with E-state index in [4.69, 9.17) is 0 Å². The third kappa shape index (κ3) is 4.07. The lowest BCUT2D eigenvalue weighted by Gasteiger charge is -2.33. The Morgan fingerprint density at radius 1 is 1.22 bits per heavy atom. The van der Waals surface area contributed by atoms with Crippen molar-refractivity contribution in [3.05, 3.63) is 70.3 Å². The third-order valence-corrected chi connectivity index (χ3v) is 5.40. The Bertz CT molecular complexity index is 1190. The number of likely N-dealkylation sites (N-methyl/N-ethyl adjacent to an activating group) is 1. The molecule has 166 valence electrons. The first kappa shape index (κ1) is 21.9. The number of nitrogens with one attached hydrogen (secondary N) is 2. The van der Waals surface area contributed by atoms with Crippen LogP contribution in [0.2, 0.25) is 0 Å². The largest absolute Gasteiger partial charge is 0.416 e. The number of halogens is 4. The summed E-state index contributed by atoms with van der Waals surface area (Å²) in [6.45, 7) is 2.07. The van der Waals surface area contributed by atoms with E-state index in [0.29, 0.717) is 18.1 Å². The number of hydrogen-bond donors (Lipinski definition) is 2. The second kappa shape index (κ2) is 8.30. The zero-order valence-electron chi connectivity index (χ0n) is 16.7. The number of aromatic nitrogens is 2. The van der Waals surface area contributed by atoms with Gasteiger partial charge in [-0.3, -0.25) is 14.5 Å². The number of hydrogen-bond acceptors (Lipinski definition) is 4. The van der Waals surface area contributed by atoms with Gasteiger partial charge in [-0.25, -0.2) is 4.68 Å². The van der Waals surface area contributed by atoms with Gasteiger partial charge in [0.15, 0.2) is 12.0 Å². The molecule has 1 aliphatic heterocycles. The van der Waals surface area contributed by atoms with E-state index < -0.39 is 29.7 Å². The van der Waals surface area contributed by atoms with Crippen LogP contribution in [0.3, 0.4) is 0 Å². The molecule has 0 spiro atoms. The smallest absolute Gasteiger partial charge is 0.353 e. The van der Waals surface area contributed by atoms with Crippen molar-refractivity contribution in [1.29, 1.82) is 0 Å². The number of fused-ring (bicyclic) bond motifs is 1. The van der Waals surface area contributed by atoms with E-state index >= 15 is 0 Å². The molecule has 1 unspecified atom stereocenters. The van der Waals surface area contributed by atoms with Gasteiger partial charge in [-0.1, -0.05) is 28.1 Å². The lowest BCUT2D eigenvalue weighted by molar-refractivity contribution is -0.137. The molecule has 2 heterocycles. The molecule has 32 heavy (non-hydrogen) atoms. The van der Waals surface area contributed by atoms with E-state index in [1.165, 1.54) is 17.2 Å². The van der Waals surface area contributed by atoms with E-state index in [-0.39, 0.29) is 5.56 Å². The molecule has 0 bridgehead atoms. The van der Waals surface area contributed by atoms with Crippen LogP contribution >= 0.6 is 15.9 Å². The number of amides is 2. The van der Waals surface area contributed by atoms with Crippen LogP contribution in [0.4, 0.5) is 24.7 Å². The number of carbonyl (C=O) groups is 2. The van der Waals surface area contributed by atoms with Gasteiger partial charge in [0, 0.05) is 16.6 Å². The number of benzene rings is 2. The summed E-state index contributed by atoms with van der Waals surface area (Å²) in [6.07, 6.45) is -4.22. The highest BCUT2D eigenvalue weighted by Crippen LogP contribution is 2.34. The Morgan fingerprint density at radius 2 is 1.97 bits per heavy atom. The van der Waals surface area contributed by atoms with Gasteiger partial charge in [-0.15, -0.1) is 0 Å². The SMILES string of the molecule is CCN1C(=O)C(NC(=O)c2cccc(C(F)(F)F)c2)Nc2cnn(-c3cccc(Br)c3)c21. The summed E-state index contributed by atoms with van der Waals surface area (Å²) in [6, 6.07) is 11.4. The van der Waals surface area contributed by atoms with E-state index in [0.717, 1.165) is 28.4 Å². The van der Waals surface area contributed by atoms with Gasteiger partial charge in [0.1, 0.15) is 5.69 Å². The maximum Gasteiger partial charge on any atom is 0.416 e. The number of alkyl halides is 3. The standard InChI is InChI=1S/C21H17BrF3N5O2/c1-2-29-19-16(11-26-30(19)15-8-4-7-14(22)10-15)27-17(20(29)32)28-18(31)12-5-3-6-13(9-12)21(23,24)25/h3-11,17,27H,2H2,1H3,(H,28,31). The van der Waals surface area contributed by atoms with E-state index in [2.05, 4.69) is 31.7 Å². The summed E-state index contributed by atoms with van der Waals surface area (Å²) in [7, 11) is 0. The molecule has 1 aliphatic rings. The molecule has 1 aromatic heterocycles. The normalized spacial score (nSPS) is 15.8. The molecule has 7 nitrogen and oxygen atoms in total. The first-order valence-electron chi connectivity index (χ1n) is 9.59. The highest BCUT2D eigenvalue weighted by Gasteiger charge is 2.36.